The minimum Gasteiger partial charge on any atom is -0.489 e. The largest absolute Gasteiger partial charge is 0.489 e. The number of pyridine rings is 1. The van der Waals surface area contributed by atoms with E-state index in [1.165, 1.54) is 16.7 Å². The van der Waals surface area contributed by atoms with Gasteiger partial charge in [-0.2, -0.15) is 0 Å². The molecule has 1 fully saturated rings. The maximum atomic E-state index is 12.3. The number of nitrogens with zero attached hydrogens (tertiary/aromatic N) is 2. The number of likely N-dealkylation sites (tertiary alicyclic amines) is 1. The quantitative estimate of drug-likeness (QED) is 0.371. The summed E-state index contributed by atoms with van der Waals surface area (Å²) in [4.78, 5) is 19.0. The highest BCUT2D eigenvalue weighted by Gasteiger charge is 2.28. The summed E-state index contributed by atoms with van der Waals surface area (Å²) in [5.41, 5.74) is 5.43. The van der Waals surface area contributed by atoms with Gasteiger partial charge in [-0.3, -0.25) is 0 Å². The molecule has 6 nitrogen and oxygen atoms in total. The van der Waals surface area contributed by atoms with Crippen LogP contribution in [0.15, 0.2) is 72.8 Å². The lowest BCUT2D eigenvalue weighted by molar-refractivity contribution is 0.0123. The first-order chi connectivity index (χ1) is 18.3. The summed E-state index contributed by atoms with van der Waals surface area (Å²) >= 11 is 0. The van der Waals surface area contributed by atoms with Gasteiger partial charge in [0.25, 0.3) is 0 Å². The fourth-order valence-electron chi connectivity index (χ4n) is 4.78. The molecule has 6 heteroatoms. The number of hydrogen-bond acceptors (Lipinski definition) is 5. The molecule has 1 aliphatic carbocycles. The van der Waals surface area contributed by atoms with Crippen molar-refractivity contribution in [3.8, 4) is 11.6 Å². The molecule has 3 aromatic rings. The van der Waals surface area contributed by atoms with E-state index in [0.29, 0.717) is 25.6 Å². The van der Waals surface area contributed by atoms with Gasteiger partial charge >= 0.3 is 6.09 Å². The van der Waals surface area contributed by atoms with Crippen LogP contribution in [-0.2, 0) is 24.2 Å². The third-order valence-corrected chi connectivity index (χ3v) is 6.82. The van der Waals surface area contributed by atoms with Crippen molar-refractivity contribution >= 4 is 11.7 Å². The molecule has 2 heterocycles. The van der Waals surface area contributed by atoms with Crippen LogP contribution in [0.1, 0.15) is 56.0 Å². The molecule has 2 aliphatic rings. The van der Waals surface area contributed by atoms with Gasteiger partial charge < -0.3 is 19.1 Å². The van der Waals surface area contributed by atoms with E-state index < -0.39 is 5.60 Å². The van der Waals surface area contributed by atoms with Gasteiger partial charge in [0.05, 0.1) is 5.69 Å². The van der Waals surface area contributed by atoms with Crippen LogP contribution in [0.25, 0.3) is 5.57 Å². The number of fused-ring (bicyclic) bond motifs is 1. The standard InChI is InChI=1S/C32H36N2O4/c1-32(2,3)38-31(35)34-19-17-28(18-20-34)37-30-16-13-25-9-10-26(21-29(25)33-30)24-11-14-27(15-12-24)36-22-23-7-5-4-6-8-23/h4-8,10-16,28H,9,17-22H2,1-3H3. The van der Waals surface area contributed by atoms with Crippen molar-refractivity contribution in [3.63, 3.8) is 0 Å². The predicted octanol–water partition coefficient (Wildman–Crippen LogP) is 6.62. The lowest BCUT2D eigenvalue weighted by Crippen LogP contribution is -2.44. The third kappa shape index (κ3) is 6.74. The Bertz CT molecular complexity index is 1270. The monoisotopic (exact) mass is 512 g/mol. The number of carbonyl (C=O) groups excluding carboxylic acids is 1. The molecule has 2 aromatic carbocycles. The van der Waals surface area contributed by atoms with Crippen LogP contribution < -0.4 is 9.47 Å². The molecule has 0 saturated carbocycles. The first kappa shape index (κ1) is 25.8. The Morgan fingerprint density at radius 1 is 0.974 bits per heavy atom. The van der Waals surface area contributed by atoms with E-state index in [-0.39, 0.29) is 12.2 Å². The number of rotatable bonds is 6. The van der Waals surface area contributed by atoms with E-state index >= 15 is 0 Å². The average molecular weight is 513 g/mol. The average Bonchev–Trinajstić information content (AvgIpc) is 2.92. The van der Waals surface area contributed by atoms with E-state index in [9.17, 15) is 4.79 Å². The van der Waals surface area contributed by atoms with Crippen molar-refractivity contribution < 1.29 is 19.0 Å². The second-order valence-electron chi connectivity index (χ2n) is 10.9. The van der Waals surface area contributed by atoms with Crippen LogP contribution in [0.3, 0.4) is 0 Å². The van der Waals surface area contributed by atoms with Crippen molar-refractivity contribution in [3.05, 3.63) is 95.2 Å². The summed E-state index contributed by atoms with van der Waals surface area (Å²) in [6.45, 7) is 7.48. The van der Waals surface area contributed by atoms with E-state index in [1.807, 2.05) is 57.2 Å². The highest BCUT2D eigenvalue weighted by Crippen LogP contribution is 2.30. The van der Waals surface area contributed by atoms with Gasteiger partial charge in [-0.1, -0.05) is 54.6 Å². The molecule has 38 heavy (non-hydrogen) atoms. The van der Waals surface area contributed by atoms with Crippen molar-refractivity contribution in [2.24, 2.45) is 0 Å². The number of benzene rings is 2. The molecular formula is C32H36N2O4. The molecule has 198 valence electrons. The maximum Gasteiger partial charge on any atom is 0.410 e. The molecule has 1 amide bonds. The van der Waals surface area contributed by atoms with Crippen LogP contribution in [0.4, 0.5) is 4.79 Å². The van der Waals surface area contributed by atoms with Crippen molar-refractivity contribution in [1.82, 2.24) is 9.88 Å². The van der Waals surface area contributed by atoms with Gasteiger partial charge in [-0.05, 0) is 61.6 Å². The van der Waals surface area contributed by atoms with Crippen LogP contribution in [0, 0.1) is 0 Å². The molecule has 1 aliphatic heterocycles. The molecule has 0 unspecified atom stereocenters. The van der Waals surface area contributed by atoms with Crippen molar-refractivity contribution in [2.45, 2.75) is 64.8 Å². The summed E-state index contributed by atoms with van der Waals surface area (Å²) in [6, 6.07) is 22.6. The Balaban J connectivity index is 1.15. The van der Waals surface area contributed by atoms with E-state index in [4.69, 9.17) is 19.2 Å². The zero-order valence-electron chi connectivity index (χ0n) is 22.5. The van der Waals surface area contributed by atoms with Gasteiger partial charge in [0.15, 0.2) is 0 Å². The smallest absolute Gasteiger partial charge is 0.410 e. The number of hydrogen-bond donors (Lipinski definition) is 0. The second-order valence-corrected chi connectivity index (χ2v) is 10.9. The maximum absolute atomic E-state index is 12.3. The first-order valence-electron chi connectivity index (χ1n) is 13.4. The van der Waals surface area contributed by atoms with E-state index in [0.717, 1.165) is 42.7 Å². The van der Waals surface area contributed by atoms with Gasteiger partial charge in [-0.15, -0.1) is 0 Å². The number of piperidine rings is 1. The van der Waals surface area contributed by atoms with Crippen molar-refractivity contribution in [2.75, 3.05) is 13.1 Å². The molecule has 0 N–H and O–H groups in total. The number of ether oxygens (including phenoxy) is 3. The van der Waals surface area contributed by atoms with Crippen LogP contribution in [-0.4, -0.2) is 40.8 Å². The van der Waals surface area contributed by atoms with Gasteiger partial charge in [-0.25, -0.2) is 9.78 Å². The fraction of sp³-hybridized carbons (Fsp3) is 0.375. The topological polar surface area (TPSA) is 60.9 Å². The highest BCUT2D eigenvalue weighted by molar-refractivity contribution is 5.70. The summed E-state index contributed by atoms with van der Waals surface area (Å²) in [5, 5.41) is 0. The molecule has 0 bridgehead atoms. The zero-order chi connectivity index (χ0) is 26.5. The van der Waals surface area contributed by atoms with Crippen LogP contribution >= 0.6 is 0 Å². The summed E-state index contributed by atoms with van der Waals surface area (Å²) < 4.78 is 17.7. The van der Waals surface area contributed by atoms with Crippen LogP contribution in [0.2, 0.25) is 0 Å². The van der Waals surface area contributed by atoms with Gasteiger partial charge in [0, 0.05) is 38.4 Å². The minimum absolute atomic E-state index is 0.0428. The first-order valence-corrected chi connectivity index (χ1v) is 13.4. The Morgan fingerprint density at radius 2 is 1.71 bits per heavy atom. The number of carbonyl (C=O) groups is 1. The normalized spacial score (nSPS) is 15.9. The Kier molecular flexibility index (Phi) is 7.68. The molecule has 1 saturated heterocycles. The van der Waals surface area contributed by atoms with Gasteiger partial charge in [0.2, 0.25) is 5.88 Å². The lowest BCUT2D eigenvalue weighted by atomic mass is 9.91. The number of aromatic nitrogens is 1. The van der Waals surface area contributed by atoms with E-state index in [2.05, 4.69) is 36.4 Å². The molecule has 0 radical (unpaired) electrons. The Morgan fingerprint density at radius 3 is 2.42 bits per heavy atom. The van der Waals surface area contributed by atoms with Gasteiger partial charge in [0.1, 0.15) is 24.1 Å². The van der Waals surface area contributed by atoms with E-state index in [1.54, 1.807) is 4.90 Å². The fourth-order valence-corrected chi connectivity index (χ4v) is 4.78. The summed E-state index contributed by atoms with van der Waals surface area (Å²) in [6.07, 6.45) is 5.24. The molecule has 0 atom stereocenters. The lowest BCUT2D eigenvalue weighted by Gasteiger charge is -2.33. The Labute approximate surface area is 225 Å². The summed E-state index contributed by atoms with van der Waals surface area (Å²) in [7, 11) is 0. The minimum atomic E-state index is -0.483. The zero-order valence-corrected chi connectivity index (χ0v) is 22.5. The number of amides is 1. The third-order valence-electron chi connectivity index (χ3n) is 6.82. The Hall–Kier alpha value is -3.80. The van der Waals surface area contributed by atoms with Crippen LogP contribution in [0.5, 0.6) is 11.6 Å². The molecule has 5 rings (SSSR count). The molecule has 1 aromatic heterocycles. The number of allylic oxidation sites excluding steroid dienone is 2. The van der Waals surface area contributed by atoms with Crippen molar-refractivity contribution in [1.29, 1.82) is 0 Å². The molecule has 0 spiro atoms. The highest BCUT2D eigenvalue weighted by atomic mass is 16.6. The predicted molar refractivity (Wildman–Crippen MR) is 148 cm³/mol. The SMILES string of the molecule is CC(C)(C)OC(=O)N1CCC(Oc2ccc3c(n2)CC(c2ccc(OCc4ccccc4)cc2)=CC3)CC1. The summed E-state index contributed by atoms with van der Waals surface area (Å²) in [5.74, 6) is 1.52. The second kappa shape index (κ2) is 11.3. The molecular weight excluding hydrogens is 476 g/mol.